The number of esters is 1. The summed E-state index contributed by atoms with van der Waals surface area (Å²) in [5, 5.41) is 9.06. The average molecular weight is 675 g/mol. The summed E-state index contributed by atoms with van der Waals surface area (Å²) >= 11 is 0. The molecule has 0 aromatic heterocycles. The molecule has 2 atom stereocenters. The highest BCUT2D eigenvalue weighted by Gasteiger charge is 2.47. The molecule has 2 aliphatic heterocycles. The largest absolute Gasteiger partial charge is 0.481 e. The van der Waals surface area contributed by atoms with Gasteiger partial charge in [-0.3, -0.25) is 19.3 Å². The number of carbonyl (C=O) groups is 3. The summed E-state index contributed by atoms with van der Waals surface area (Å²) in [6.07, 6.45) is 1.77. The molecule has 0 bridgehead atoms. The lowest BCUT2D eigenvalue weighted by atomic mass is 9.75. The van der Waals surface area contributed by atoms with E-state index in [1.165, 1.54) is 0 Å². The number of ether oxygens (including phenoxy) is 3. The Kier molecular flexibility index (Phi) is 10.7. The third kappa shape index (κ3) is 7.59. The number of carbonyl (C=O) groups excluding carboxylic acids is 2. The van der Waals surface area contributed by atoms with Gasteiger partial charge in [0.15, 0.2) is 0 Å². The van der Waals surface area contributed by atoms with E-state index in [1.54, 1.807) is 36.7 Å². The SMILES string of the molecule is NC(=O)c1ccccc1OC1=CCN([C@H]2CN(C(c3ccccc3)(c3ccccc3)c3ccccc3)C[C@@H](COC(=O)CCC(=O)O)O2)C=N1. The van der Waals surface area contributed by atoms with E-state index in [2.05, 4.69) is 46.3 Å². The Hall–Kier alpha value is -5.78. The Bertz CT molecular complexity index is 1750. The molecule has 0 unspecified atom stereocenters. The van der Waals surface area contributed by atoms with Crippen molar-refractivity contribution in [1.82, 2.24) is 9.80 Å². The Morgan fingerprint density at radius 1 is 0.820 bits per heavy atom. The van der Waals surface area contributed by atoms with Gasteiger partial charge in [-0.1, -0.05) is 103 Å². The number of rotatable bonds is 13. The van der Waals surface area contributed by atoms with Crippen LogP contribution in [0, 0.1) is 0 Å². The summed E-state index contributed by atoms with van der Waals surface area (Å²) in [6, 6.07) is 37.5. The van der Waals surface area contributed by atoms with E-state index in [0.29, 0.717) is 31.3 Å². The van der Waals surface area contributed by atoms with Gasteiger partial charge in [0, 0.05) is 19.6 Å². The number of para-hydroxylation sites is 1. The van der Waals surface area contributed by atoms with E-state index in [9.17, 15) is 14.4 Å². The van der Waals surface area contributed by atoms with E-state index in [0.717, 1.165) is 16.7 Å². The van der Waals surface area contributed by atoms with Crippen LogP contribution in [0.15, 0.2) is 132 Å². The number of amides is 1. The van der Waals surface area contributed by atoms with Crippen LogP contribution in [0.4, 0.5) is 0 Å². The number of aliphatic imine (C=N–C) groups is 1. The number of carboxylic acid groups (broad SMARTS) is 1. The number of nitrogens with zero attached hydrogens (tertiary/aromatic N) is 3. The Labute approximate surface area is 290 Å². The maximum atomic E-state index is 12.5. The first-order chi connectivity index (χ1) is 24.3. The monoisotopic (exact) mass is 674 g/mol. The molecule has 0 spiro atoms. The molecule has 0 aliphatic carbocycles. The van der Waals surface area contributed by atoms with Crippen LogP contribution in [0.5, 0.6) is 5.75 Å². The molecule has 2 aliphatic rings. The van der Waals surface area contributed by atoms with Crippen molar-refractivity contribution in [2.24, 2.45) is 10.7 Å². The fourth-order valence-electron chi connectivity index (χ4n) is 6.47. The Balaban J connectivity index is 1.34. The van der Waals surface area contributed by atoms with Crippen molar-refractivity contribution < 1.29 is 33.7 Å². The van der Waals surface area contributed by atoms with Gasteiger partial charge in [-0.25, -0.2) is 4.99 Å². The predicted molar refractivity (Wildman–Crippen MR) is 186 cm³/mol. The molecule has 4 aromatic carbocycles. The zero-order chi connectivity index (χ0) is 34.9. The van der Waals surface area contributed by atoms with Crippen LogP contribution >= 0.6 is 0 Å². The molecular weight excluding hydrogens is 636 g/mol. The molecule has 0 radical (unpaired) electrons. The number of nitrogens with two attached hydrogens (primary N) is 1. The molecule has 6 rings (SSSR count). The summed E-state index contributed by atoms with van der Waals surface area (Å²) in [5.74, 6) is -1.67. The van der Waals surface area contributed by atoms with Crippen molar-refractivity contribution in [2.45, 2.75) is 30.7 Å². The molecule has 256 valence electrons. The van der Waals surface area contributed by atoms with E-state index in [1.807, 2.05) is 59.5 Å². The fourth-order valence-corrected chi connectivity index (χ4v) is 6.47. The minimum absolute atomic E-state index is 0.0705. The minimum atomic E-state index is -1.07. The van der Waals surface area contributed by atoms with Gasteiger partial charge in [0.1, 0.15) is 24.7 Å². The first-order valence-electron chi connectivity index (χ1n) is 16.4. The number of aliphatic carboxylic acids is 1. The molecule has 11 nitrogen and oxygen atoms in total. The lowest BCUT2D eigenvalue weighted by molar-refractivity contribution is -0.173. The van der Waals surface area contributed by atoms with E-state index < -0.39 is 35.7 Å². The predicted octanol–water partition coefficient (Wildman–Crippen LogP) is 4.78. The van der Waals surface area contributed by atoms with Crippen molar-refractivity contribution in [3.63, 3.8) is 0 Å². The summed E-state index contributed by atoms with van der Waals surface area (Å²) < 4.78 is 18.1. The zero-order valence-corrected chi connectivity index (χ0v) is 27.3. The second-order valence-corrected chi connectivity index (χ2v) is 11.9. The second-order valence-electron chi connectivity index (χ2n) is 11.9. The van der Waals surface area contributed by atoms with Crippen molar-refractivity contribution >= 4 is 24.2 Å². The normalized spacial score (nSPS) is 17.8. The third-order valence-corrected chi connectivity index (χ3v) is 8.72. The Morgan fingerprint density at radius 2 is 1.40 bits per heavy atom. The van der Waals surface area contributed by atoms with Crippen LogP contribution in [0.2, 0.25) is 0 Å². The van der Waals surface area contributed by atoms with Gasteiger partial charge in [0.25, 0.3) is 5.91 Å². The van der Waals surface area contributed by atoms with Crippen LogP contribution in [-0.4, -0.2) is 77.7 Å². The number of morpholine rings is 1. The zero-order valence-electron chi connectivity index (χ0n) is 27.3. The van der Waals surface area contributed by atoms with Gasteiger partial charge >= 0.3 is 11.9 Å². The van der Waals surface area contributed by atoms with Gasteiger partial charge in [0.2, 0.25) is 5.88 Å². The van der Waals surface area contributed by atoms with E-state index in [4.69, 9.17) is 25.1 Å². The van der Waals surface area contributed by atoms with Gasteiger partial charge in [-0.05, 0) is 34.9 Å². The number of primary amides is 1. The van der Waals surface area contributed by atoms with Gasteiger partial charge < -0.3 is 30.0 Å². The van der Waals surface area contributed by atoms with Crippen molar-refractivity contribution in [2.75, 3.05) is 26.2 Å². The lowest BCUT2D eigenvalue weighted by Crippen LogP contribution is -2.62. The average Bonchev–Trinajstić information content (AvgIpc) is 3.15. The molecule has 3 N–H and O–H groups in total. The van der Waals surface area contributed by atoms with Gasteiger partial charge in [0.05, 0.1) is 30.3 Å². The summed E-state index contributed by atoms with van der Waals surface area (Å²) in [5.41, 5.74) is 8.15. The van der Waals surface area contributed by atoms with Crippen LogP contribution in [0.25, 0.3) is 0 Å². The standard InChI is InChI=1S/C39H38N4O7/c40-38(47)32-18-10-11-19-33(32)50-34-22-23-42(27-41-34)35-25-43(24-31(49-35)26-48-37(46)21-20-36(44)45)39(28-12-4-1-5-13-28,29-14-6-2-7-15-29)30-16-8-3-9-17-30/h1-19,22,27,31,35H,20-21,23-26H2,(H2,40,47)(H,44,45)/t31-,35+/m0/s1. The quantitative estimate of drug-likeness (QED) is 0.151. The molecule has 2 heterocycles. The molecule has 1 saturated heterocycles. The van der Waals surface area contributed by atoms with Crippen LogP contribution in [0.1, 0.15) is 39.9 Å². The number of hydrogen-bond donors (Lipinski definition) is 2. The first-order valence-corrected chi connectivity index (χ1v) is 16.4. The highest BCUT2D eigenvalue weighted by Crippen LogP contribution is 2.44. The smallest absolute Gasteiger partial charge is 0.306 e. The summed E-state index contributed by atoms with van der Waals surface area (Å²) in [6.45, 7) is 1.12. The number of carboxylic acids is 1. The molecule has 0 saturated carbocycles. The highest BCUT2D eigenvalue weighted by atomic mass is 16.6. The van der Waals surface area contributed by atoms with Gasteiger partial charge in [-0.15, -0.1) is 0 Å². The maximum Gasteiger partial charge on any atom is 0.306 e. The third-order valence-electron chi connectivity index (χ3n) is 8.72. The number of hydrogen-bond acceptors (Lipinski definition) is 9. The fraction of sp³-hybridized carbons (Fsp3) is 0.231. The molecule has 4 aromatic rings. The molecule has 1 fully saturated rings. The molecule has 11 heteroatoms. The Morgan fingerprint density at radius 3 is 1.94 bits per heavy atom. The van der Waals surface area contributed by atoms with E-state index in [-0.39, 0.29) is 25.0 Å². The van der Waals surface area contributed by atoms with Gasteiger partial charge in [-0.2, -0.15) is 0 Å². The highest BCUT2D eigenvalue weighted by molar-refractivity contribution is 5.95. The van der Waals surface area contributed by atoms with E-state index >= 15 is 0 Å². The van der Waals surface area contributed by atoms with Crippen LogP contribution < -0.4 is 10.5 Å². The van der Waals surface area contributed by atoms with Crippen LogP contribution in [0.3, 0.4) is 0 Å². The van der Waals surface area contributed by atoms with Crippen molar-refractivity contribution in [3.05, 3.63) is 149 Å². The molecule has 50 heavy (non-hydrogen) atoms. The molecule has 1 amide bonds. The van der Waals surface area contributed by atoms with Crippen LogP contribution in [-0.2, 0) is 24.6 Å². The maximum absolute atomic E-state index is 12.5. The molecular formula is C39H38N4O7. The van der Waals surface area contributed by atoms with Crippen molar-refractivity contribution in [3.8, 4) is 5.75 Å². The number of benzene rings is 4. The van der Waals surface area contributed by atoms with Crippen molar-refractivity contribution in [1.29, 1.82) is 0 Å². The second kappa shape index (κ2) is 15.6. The summed E-state index contributed by atoms with van der Waals surface area (Å²) in [4.78, 5) is 44.3. The minimum Gasteiger partial charge on any atom is -0.481 e. The first kappa shape index (κ1) is 34.1. The topological polar surface area (TPSA) is 144 Å². The lowest BCUT2D eigenvalue weighted by Gasteiger charge is -2.51. The summed E-state index contributed by atoms with van der Waals surface area (Å²) in [7, 11) is 0.